The number of aromatic nitrogens is 1. The Morgan fingerprint density at radius 1 is 1.13 bits per heavy atom. The van der Waals surface area contributed by atoms with Crippen LogP contribution in [0.3, 0.4) is 0 Å². The second kappa shape index (κ2) is 8.81. The number of sulfone groups is 1. The number of thiazole rings is 1. The highest BCUT2D eigenvalue weighted by molar-refractivity contribution is 9.10. The van der Waals surface area contributed by atoms with Crippen molar-refractivity contribution in [3.8, 4) is 0 Å². The third-order valence-electron chi connectivity index (χ3n) is 5.90. The van der Waals surface area contributed by atoms with Crippen LogP contribution in [0.25, 0.3) is 0 Å². The molecule has 0 radical (unpaired) electrons. The number of aryl methyl sites for hydroxylation is 1. The highest BCUT2D eigenvalue weighted by Gasteiger charge is 2.32. The lowest BCUT2D eigenvalue weighted by atomic mass is 10.0. The van der Waals surface area contributed by atoms with Crippen molar-refractivity contribution in [1.82, 2.24) is 4.98 Å². The maximum atomic E-state index is 13.0. The van der Waals surface area contributed by atoms with E-state index in [4.69, 9.17) is 4.98 Å². The predicted molar refractivity (Wildman–Crippen MR) is 127 cm³/mol. The first-order valence-corrected chi connectivity index (χ1v) is 13.3. The minimum absolute atomic E-state index is 0.336. The van der Waals surface area contributed by atoms with Gasteiger partial charge in [0.15, 0.2) is 15.0 Å². The van der Waals surface area contributed by atoms with E-state index in [2.05, 4.69) is 58.3 Å². The summed E-state index contributed by atoms with van der Waals surface area (Å²) >= 11 is 5.03. The lowest BCUT2D eigenvalue weighted by Crippen LogP contribution is -2.39. The first-order valence-electron chi connectivity index (χ1n) is 10.1. The van der Waals surface area contributed by atoms with Crippen molar-refractivity contribution in [1.29, 1.82) is 0 Å². The molecule has 0 atom stereocenters. The number of piperidine rings is 1. The average Bonchev–Trinajstić information content (AvgIpc) is 3.20. The van der Waals surface area contributed by atoms with E-state index in [-0.39, 0.29) is 5.25 Å². The molecule has 0 unspecified atom stereocenters. The van der Waals surface area contributed by atoms with E-state index >= 15 is 0 Å². The zero-order valence-electron chi connectivity index (χ0n) is 17.1. The maximum Gasteiger partial charge on any atom is 0.185 e. The molecule has 1 saturated heterocycles. The molecule has 30 heavy (non-hydrogen) atoms. The summed E-state index contributed by atoms with van der Waals surface area (Å²) in [5, 5.41) is 2.78. The molecule has 1 aromatic heterocycles. The minimum Gasteiger partial charge on any atom is -0.348 e. The normalized spacial score (nSPS) is 15.5. The quantitative estimate of drug-likeness (QED) is 0.456. The van der Waals surface area contributed by atoms with Crippen LogP contribution >= 0.6 is 27.3 Å². The fraction of sp³-hybridized carbons (Fsp3) is 0.348. The van der Waals surface area contributed by atoms with Gasteiger partial charge in [-0.2, -0.15) is 0 Å². The van der Waals surface area contributed by atoms with E-state index in [9.17, 15) is 8.42 Å². The van der Waals surface area contributed by atoms with Crippen molar-refractivity contribution in [3.05, 3.63) is 74.7 Å². The highest BCUT2D eigenvalue weighted by atomic mass is 79.9. The molecule has 3 aromatic rings. The minimum atomic E-state index is -3.31. The first kappa shape index (κ1) is 21.5. The number of halogens is 1. The van der Waals surface area contributed by atoms with Gasteiger partial charge in [-0.1, -0.05) is 40.2 Å². The SMILES string of the molecule is Cc1cccc(Cc2csc(N3CCC(S(=O)(=O)c4cccc(Br)c4)CC3)n2)c1C. The van der Waals surface area contributed by atoms with Crippen molar-refractivity contribution in [3.63, 3.8) is 0 Å². The molecule has 7 heteroatoms. The number of anilines is 1. The lowest BCUT2D eigenvalue weighted by Gasteiger charge is -2.31. The molecular formula is C23H25BrN2O2S2. The predicted octanol–water partition coefficient (Wildman–Crippen LogP) is 5.56. The molecule has 0 spiro atoms. The summed E-state index contributed by atoms with van der Waals surface area (Å²) in [7, 11) is -3.31. The van der Waals surface area contributed by atoms with Crippen LogP contribution in [0.4, 0.5) is 5.13 Å². The molecule has 0 saturated carbocycles. The molecular weight excluding hydrogens is 480 g/mol. The van der Waals surface area contributed by atoms with Crippen molar-refractivity contribution in [2.45, 2.75) is 43.3 Å². The van der Waals surface area contributed by atoms with Gasteiger partial charge >= 0.3 is 0 Å². The van der Waals surface area contributed by atoms with Gasteiger partial charge in [0.25, 0.3) is 0 Å². The van der Waals surface area contributed by atoms with Crippen molar-refractivity contribution in [2.24, 2.45) is 0 Å². The van der Waals surface area contributed by atoms with Gasteiger partial charge in [-0.05, 0) is 61.6 Å². The van der Waals surface area contributed by atoms with E-state index in [1.807, 2.05) is 6.07 Å². The Kier molecular flexibility index (Phi) is 6.32. The Labute approximate surface area is 191 Å². The van der Waals surface area contributed by atoms with Gasteiger partial charge < -0.3 is 4.90 Å². The van der Waals surface area contributed by atoms with Gasteiger partial charge in [0, 0.05) is 29.4 Å². The monoisotopic (exact) mass is 504 g/mol. The Bertz CT molecular complexity index is 1150. The van der Waals surface area contributed by atoms with E-state index in [0.717, 1.165) is 21.7 Å². The highest BCUT2D eigenvalue weighted by Crippen LogP contribution is 2.30. The molecule has 2 heterocycles. The lowest BCUT2D eigenvalue weighted by molar-refractivity contribution is 0.529. The van der Waals surface area contributed by atoms with Gasteiger partial charge in [0.05, 0.1) is 15.8 Å². The Morgan fingerprint density at radius 3 is 2.60 bits per heavy atom. The van der Waals surface area contributed by atoms with Gasteiger partial charge in [-0.3, -0.25) is 0 Å². The fourth-order valence-electron chi connectivity index (χ4n) is 3.92. The standard InChI is InChI=1S/C23H25BrN2O2S2/c1-16-5-3-6-18(17(16)2)13-20-15-29-23(25-20)26-11-9-21(10-12-26)30(27,28)22-8-4-7-19(24)14-22/h3-8,14-15,21H,9-13H2,1-2H3. The zero-order chi connectivity index (χ0) is 21.3. The van der Waals surface area contributed by atoms with Gasteiger partial charge in [0.1, 0.15) is 0 Å². The topological polar surface area (TPSA) is 50.3 Å². The molecule has 1 aliphatic rings. The molecule has 2 aromatic carbocycles. The Morgan fingerprint density at radius 2 is 1.87 bits per heavy atom. The third kappa shape index (κ3) is 4.48. The Balaban J connectivity index is 1.42. The van der Waals surface area contributed by atoms with Crippen LogP contribution in [-0.4, -0.2) is 31.7 Å². The van der Waals surface area contributed by atoms with E-state index in [1.165, 1.54) is 16.7 Å². The van der Waals surface area contributed by atoms with Crippen LogP contribution in [0.1, 0.15) is 35.2 Å². The summed E-state index contributed by atoms with van der Waals surface area (Å²) in [4.78, 5) is 7.48. The second-order valence-corrected chi connectivity index (χ2v) is 11.8. The molecule has 0 N–H and O–H groups in total. The molecule has 1 aliphatic heterocycles. The number of benzene rings is 2. The zero-order valence-corrected chi connectivity index (χ0v) is 20.4. The number of rotatable bonds is 5. The summed E-state index contributed by atoms with van der Waals surface area (Å²) < 4.78 is 26.8. The molecule has 158 valence electrons. The summed E-state index contributed by atoms with van der Waals surface area (Å²) in [6.07, 6.45) is 2.08. The summed E-state index contributed by atoms with van der Waals surface area (Å²) in [6, 6.07) is 13.4. The van der Waals surface area contributed by atoms with E-state index < -0.39 is 9.84 Å². The summed E-state index contributed by atoms with van der Waals surface area (Å²) in [6.45, 7) is 5.73. The largest absolute Gasteiger partial charge is 0.348 e. The molecule has 4 rings (SSSR count). The average molecular weight is 506 g/mol. The van der Waals surface area contributed by atoms with Crippen molar-refractivity contribution < 1.29 is 8.42 Å². The molecule has 0 amide bonds. The van der Waals surface area contributed by atoms with Gasteiger partial charge in [-0.25, -0.2) is 13.4 Å². The van der Waals surface area contributed by atoms with Crippen molar-refractivity contribution >= 4 is 42.2 Å². The smallest absolute Gasteiger partial charge is 0.185 e. The van der Waals surface area contributed by atoms with Crippen LogP contribution in [0.2, 0.25) is 0 Å². The van der Waals surface area contributed by atoms with Crippen LogP contribution in [-0.2, 0) is 16.3 Å². The van der Waals surface area contributed by atoms with Crippen LogP contribution in [0.15, 0.2) is 57.2 Å². The number of nitrogens with zero attached hydrogens (tertiary/aromatic N) is 2. The third-order valence-corrected chi connectivity index (χ3v) is 9.61. The number of hydrogen-bond acceptors (Lipinski definition) is 5. The number of hydrogen-bond donors (Lipinski definition) is 0. The maximum absolute atomic E-state index is 13.0. The molecule has 1 fully saturated rings. The fourth-order valence-corrected chi connectivity index (χ4v) is 7.12. The van der Waals surface area contributed by atoms with Crippen LogP contribution < -0.4 is 4.90 Å². The first-order chi connectivity index (χ1) is 14.3. The van der Waals surface area contributed by atoms with E-state index in [1.54, 1.807) is 29.5 Å². The second-order valence-electron chi connectivity index (χ2n) is 7.85. The van der Waals surface area contributed by atoms with Crippen LogP contribution in [0, 0.1) is 13.8 Å². The van der Waals surface area contributed by atoms with Crippen molar-refractivity contribution in [2.75, 3.05) is 18.0 Å². The summed E-state index contributed by atoms with van der Waals surface area (Å²) in [5.74, 6) is 0. The van der Waals surface area contributed by atoms with E-state index in [0.29, 0.717) is 30.8 Å². The van der Waals surface area contributed by atoms with Gasteiger partial charge in [0.2, 0.25) is 0 Å². The molecule has 0 aliphatic carbocycles. The Hall–Kier alpha value is -1.70. The molecule has 0 bridgehead atoms. The van der Waals surface area contributed by atoms with Gasteiger partial charge in [-0.15, -0.1) is 11.3 Å². The van der Waals surface area contributed by atoms with Crippen LogP contribution in [0.5, 0.6) is 0 Å². The molecule has 4 nitrogen and oxygen atoms in total. The summed E-state index contributed by atoms with van der Waals surface area (Å²) in [5.41, 5.74) is 5.01.